The van der Waals surface area contributed by atoms with E-state index in [9.17, 15) is 0 Å². The number of benzene rings is 2. The molecule has 0 saturated carbocycles. The predicted molar refractivity (Wildman–Crippen MR) is 118 cm³/mol. The van der Waals surface area contributed by atoms with Gasteiger partial charge in [0.15, 0.2) is 5.13 Å². The Morgan fingerprint density at radius 1 is 0.929 bits per heavy atom. The molecule has 4 rings (SSSR count). The van der Waals surface area contributed by atoms with Gasteiger partial charge in [-0.15, -0.1) is 11.3 Å². The zero-order valence-corrected chi connectivity index (χ0v) is 17.3. The minimum absolute atomic E-state index is 0.943. The van der Waals surface area contributed by atoms with Crippen LogP contribution in [0.3, 0.4) is 0 Å². The SMILES string of the molecule is Cc1ccc(Nc2nc(CN3CCN(CCc4ccccc4)CC3)cs2)cc1. The van der Waals surface area contributed by atoms with Crippen LogP contribution in [0, 0.1) is 6.92 Å². The summed E-state index contributed by atoms with van der Waals surface area (Å²) in [7, 11) is 0. The van der Waals surface area contributed by atoms with Crippen molar-refractivity contribution in [2.75, 3.05) is 38.0 Å². The molecule has 5 heteroatoms. The van der Waals surface area contributed by atoms with E-state index in [2.05, 4.69) is 82.0 Å². The molecule has 1 fully saturated rings. The van der Waals surface area contributed by atoms with Crippen molar-refractivity contribution in [2.24, 2.45) is 0 Å². The lowest BCUT2D eigenvalue weighted by molar-refractivity contribution is 0.127. The van der Waals surface area contributed by atoms with Crippen LogP contribution in [0.2, 0.25) is 0 Å². The van der Waals surface area contributed by atoms with Crippen molar-refractivity contribution in [1.82, 2.24) is 14.8 Å². The number of nitrogens with zero attached hydrogens (tertiary/aromatic N) is 3. The van der Waals surface area contributed by atoms with E-state index in [0.717, 1.165) is 62.2 Å². The Hall–Kier alpha value is -2.21. The summed E-state index contributed by atoms with van der Waals surface area (Å²) in [4.78, 5) is 9.87. The lowest BCUT2D eigenvalue weighted by Gasteiger charge is -2.34. The highest BCUT2D eigenvalue weighted by atomic mass is 32.1. The number of rotatable bonds is 7. The quantitative estimate of drug-likeness (QED) is 0.639. The first-order valence-electron chi connectivity index (χ1n) is 10.0. The summed E-state index contributed by atoms with van der Waals surface area (Å²) in [5.41, 5.74) is 4.96. The molecule has 1 aromatic heterocycles. The van der Waals surface area contributed by atoms with Gasteiger partial charge in [0.25, 0.3) is 0 Å². The van der Waals surface area contributed by atoms with Crippen LogP contribution in [0.4, 0.5) is 10.8 Å². The van der Waals surface area contributed by atoms with Gasteiger partial charge < -0.3 is 10.2 Å². The van der Waals surface area contributed by atoms with Gasteiger partial charge in [-0.1, -0.05) is 48.0 Å². The number of thiazole rings is 1. The fourth-order valence-electron chi connectivity index (χ4n) is 3.53. The minimum Gasteiger partial charge on any atom is -0.332 e. The van der Waals surface area contributed by atoms with Gasteiger partial charge in [0, 0.05) is 50.3 Å². The molecule has 28 heavy (non-hydrogen) atoms. The summed E-state index contributed by atoms with van der Waals surface area (Å²) in [5, 5.41) is 6.56. The van der Waals surface area contributed by atoms with Crippen LogP contribution >= 0.6 is 11.3 Å². The zero-order valence-electron chi connectivity index (χ0n) is 16.5. The summed E-state index contributed by atoms with van der Waals surface area (Å²) >= 11 is 1.68. The van der Waals surface area contributed by atoms with Gasteiger partial charge in [0.2, 0.25) is 0 Å². The van der Waals surface area contributed by atoms with Crippen molar-refractivity contribution >= 4 is 22.2 Å². The smallest absolute Gasteiger partial charge is 0.187 e. The third kappa shape index (κ3) is 5.41. The molecule has 0 spiro atoms. The largest absolute Gasteiger partial charge is 0.332 e. The van der Waals surface area contributed by atoms with E-state index in [1.165, 1.54) is 11.1 Å². The molecule has 0 atom stereocenters. The van der Waals surface area contributed by atoms with Crippen LogP contribution in [-0.4, -0.2) is 47.5 Å². The maximum atomic E-state index is 4.77. The van der Waals surface area contributed by atoms with Crippen molar-refractivity contribution in [3.63, 3.8) is 0 Å². The van der Waals surface area contributed by atoms with E-state index in [0.29, 0.717) is 0 Å². The van der Waals surface area contributed by atoms with Gasteiger partial charge in [-0.05, 0) is 31.0 Å². The Kier molecular flexibility index (Phi) is 6.37. The average molecular weight is 393 g/mol. The summed E-state index contributed by atoms with van der Waals surface area (Å²) < 4.78 is 0. The second kappa shape index (κ2) is 9.32. The molecule has 2 heterocycles. The van der Waals surface area contributed by atoms with Crippen molar-refractivity contribution in [3.8, 4) is 0 Å². The molecule has 146 valence electrons. The van der Waals surface area contributed by atoms with Gasteiger partial charge >= 0.3 is 0 Å². The number of nitrogens with one attached hydrogen (secondary N) is 1. The fourth-order valence-corrected chi connectivity index (χ4v) is 4.25. The van der Waals surface area contributed by atoms with Gasteiger partial charge in [0.1, 0.15) is 0 Å². The second-order valence-corrected chi connectivity index (χ2v) is 8.35. The van der Waals surface area contributed by atoms with Gasteiger partial charge in [-0.25, -0.2) is 4.98 Å². The number of hydrogen-bond donors (Lipinski definition) is 1. The number of aryl methyl sites for hydroxylation is 1. The van der Waals surface area contributed by atoms with Crippen LogP contribution in [0.5, 0.6) is 0 Å². The van der Waals surface area contributed by atoms with Gasteiger partial charge in [0.05, 0.1) is 5.69 Å². The predicted octanol–water partition coefficient (Wildman–Crippen LogP) is 4.56. The molecule has 3 aromatic rings. The van der Waals surface area contributed by atoms with Gasteiger partial charge in [-0.2, -0.15) is 0 Å². The Balaban J connectivity index is 1.21. The van der Waals surface area contributed by atoms with Crippen LogP contribution < -0.4 is 5.32 Å². The topological polar surface area (TPSA) is 31.4 Å². The summed E-state index contributed by atoms with van der Waals surface area (Å²) in [6.45, 7) is 8.72. The minimum atomic E-state index is 0.943. The highest BCUT2D eigenvalue weighted by Crippen LogP contribution is 2.22. The normalized spacial score (nSPS) is 15.6. The first-order chi connectivity index (χ1) is 13.7. The molecule has 1 aliphatic rings. The Morgan fingerprint density at radius 2 is 1.64 bits per heavy atom. The number of hydrogen-bond acceptors (Lipinski definition) is 5. The monoisotopic (exact) mass is 392 g/mol. The molecular weight excluding hydrogens is 364 g/mol. The van der Waals surface area contributed by atoms with Crippen molar-refractivity contribution in [1.29, 1.82) is 0 Å². The molecular formula is C23H28N4S. The number of aromatic nitrogens is 1. The standard InChI is InChI=1S/C23H28N4S/c1-19-7-9-21(10-8-19)24-23-25-22(18-28-23)17-27-15-13-26(14-16-27)12-11-20-5-3-2-4-6-20/h2-10,18H,11-17H2,1H3,(H,24,25). The molecule has 0 unspecified atom stereocenters. The van der Waals surface area contributed by atoms with Crippen LogP contribution in [0.1, 0.15) is 16.8 Å². The van der Waals surface area contributed by atoms with Crippen molar-refractivity contribution in [3.05, 3.63) is 76.8 Å². The third-order valence-corrected chi connectivity index (χ3v) is 6.07. The molecule has 4 nitrogen and oxygen atoms in total. The first-order valence-corrected chi connectivity index (χ1v) is 10.9. The molecule has 0 radical (unpaired) electrons. The fraction of sp³-hybridized carbons (Fsp3) is 0.348. The van der Waals surface area contributed by atoms with E-state index in [1.807, 2.05) is 0 Å². The number of piperazine rings is 1. The lowest BCUT2D eigenvalue weighted by atomic mass is 10.1. The Bertz CT molecular complexity index is 852. The van der Waals surface area contributed by atoms with E-state index in [-0.39, 0.29) is 0 Å². The number of anilines is 2. The maximum absolute atomic E-state index is 4.77. The van der Waals surface area contributed by atoms with Crippen molar-refractivity contribution < 1.29 is 0 Å². The van der Waals surface area contributed by atoms with Gasteiger partial charge in [-0.3, -0.25) is 4.90 Å². The summed E-state index contributed by atoms with van der Waals surface area (Å²) in [5.74, 6) is 0. The Labute approximate surface area is 171 Å². The van der Waals surface area contributed by atoms with E-state index < -0.39 is 0 Å². The maximum Gasteiger partial charge on any atom is 0.187 e. The third-order valence-electron chi connectivity index (χ3n) is 5.26. The first kappa shape index (κ1) is 19.1. The summed E-state index contributed by atoms with van der Waals surface area (Å²) in [6, 6.07) is 19.2. The van der Waals surface area contributed by atoms with Crippen molar-refractivity contribution in [2.45, 2.75) is 19.9 Å². The molecule has 1 N–H and O–H groups in total. The second-order valence-electron chi connectivity index (χ2n) is 7.49. The van der Waals surface area contributed by atoms with E-state index in [1.54, 1.807) is 11.3 Å². The molecule has 0 bridgehead atoms. The lowest BCUT2D eigenvalue weighted by Crippen LogP contribution is -2.46. The van der Waals surface area contributed by atoms with Crippen LogP contribution in [0.25, 0.3) is 0 Å². The van der Waals surface area contributed by atoms with Crippen LogP contribution in [0.15, 0.2) is 60.0 Å². The summed E-state index contributed by atoms with van der Waals surface area (Å²) in [6.07, 6.45) is 1.14. The zero-order chi connectivity index (χ0) is 19.2. The molecule has 1 saturated heterocycles. The average Bonchev–Trinajstić information content (AvgIpc) is 3.17. The molecule has 0 amide bonds. The molecule has 2 aromatic carbocycles. The molecule has 0 aliphatic carbocycles. The van der Waals surface area contributed by atoms with E-state index in [4.69, 9.17) is 4.98 Å². The van der Waals surface area contributed by atoms with Crippen LogP contribution in [-0.2, 0) is 13.0 Å². The molecule has 1 aliphatic heterocycles. The van der Waals surface area contributed by atoms with E-state index >= 15 is 0 Å². The highest BCUT2D eigenvalue weighted by molar-refractivity contribution is 7.13. The Morgan fingerprint density at radius 3 is 2.39 bits per heavy atom. The highest BCUT2D eigenvalue weighted by Gasteiger charge is 2.17.